The second kappa shape index (κ2) is 6.40. The molecule has 2 N–H and O–H groups in total. The van der Waals surface area contributed by atoms with Gasteiger partial charge in [-0.3, -0.25) is 0 Å². The van der Waals surface area contributed by atoms with Gasteiger partial charge in [0.05, 0.1) is 25.3 Å². The number of furan rings is 1. The summed E-state index contributed by atoms with van der Waals surface area (Å²) in [5.41, 5.74) is 0. The second-order valence-corrected chi connectivity index (χ2v) is 3.95. The van der Waals surface area contributed by atoms with Crippen molar-refractivity contribution in [2.24, 2.45) is 0 Å². The first-order valence-corrected chi connectivity index (χ1v) is 6.00. The Morgan fingerprint density at radius 1 is 1.32 bits per heavy atom. The average molecular weight is 257 g/mol. The van der Waals surface area contributed by atoms with Crippen LogP contribution in [0.15, 0.2) is 28.9 Å². The highest BCUT2D eigenvalue weighted by Crippen LogP contribution is 2.12. The molecular weight excluding hydrogens is 242 g/mol. The summed E-state index contributed by atoms with van der Waals surface area (Å²) in [7, 11) is 0. The number of nitrogens with one attached hydrogen (secondary N) is 2. The van der Waals surface area contributed by atoms with Crippen LogP contribution in [-0.4, -0.2) is 16.5 Å². The molecule has 0 aliphatic carbocycles. The van der Waals surface area contributed by atoms with E-state index in [0.717, 1.165) is 11.6 Å². The van der Waals surface area contributed by atoms with Gasteiger partial charge in [-0.25, -0.2) is 9.97 Å². The summed E-state index contributed by atoms with van der Waals surface area (Å²) in [5, 5.41) is 14.7. The van der Waals surface area contributed by atoms with E-state index in [2.05, 4.69) is 26.7 Å². The summed E-state index contributed by atoms with van der Waals surface area (Å²) >= 11 is 0. The topological polar surface area (TPSA) is 86.8 Å². The van der Waals surface area contributed by atoms with Crippen molar-refractivity contribution in [2.75, 3.05) is 17.2 Å². The molecule has 0 aliphatic rings. The molecule has 0 saturated heterocycles. The molecule has 0 fully saturated rings. The molecule has 0 radical (unpaired) electrons. The molecule has 2 aromatic rings. The maximum Gasteiger partial charge on any atom is 0.132 e. The fraction of sp³-hybridized carbons (Fsp3) is 0.308. The molecule has 0 atom stereocenters. The molecule has 2 rings (SSSR count). The maximum absolute atomic E-state index is 8.50. The van der Waals surface area contributed by atoms with Crippen LogP contribution in [-0.2, 0) is 6.54 Å². The highest BCUT2D eigenvalue weighted by Gasteiger charge is 2.02. The number of rotatable bonds is 6. The number of hydrogen-bond donors (Lipinski definition) is 2. The standard InChI is InChI=1S/C13H15N5O/c1-10-17-12(15-6-3-5-14)8-13(18-10)16-9-11-4-2-7-19-11/h2,4,7-8H,3,6,9H2,1H3,(H2,15,16,17,18). The smallest absolute Gasteiger partial charge is 0.132 e. The largest absolute Gasteiger partial charge is 0.467 e. The van der Waals surface area contributed by atoms with E-state index < -0.39 is 0 Å². The second-order valence-electron chi connectivity index (χ2n) is 3.95. The van der Waals surface area contributed by atoms with Crippen molar-refractivity contribution >= 4 is 11.6 Å². The summed E-state index contributed by atoms with van der Waals surface area (Å²) in [4.78, 5) is 8.55. The summed E-state index contributed by atoms with van der Waals surface area (Å²) in [6, 6.07) is 7.63. The Bertz CT molecular complexity index is 559. The summed E-state index contributed by atoms with van der Waals surface area (Å²) < 4.78 is 5.24. The van der Waals surface area contributed by atoms with Gasteiger partial charge in [0.15, 0.2) is 0 Å². The minimum absolute atomic E-state index is 0.443. The first kappa shape index (κ1) is 12.9. The summed E-state index contributed by atoms with van der Waals surface area (Å²) in [5.74, 6) is 2.95. The molecule has 6 nitrogen and oxygen atoms in total. The zero-order valence-corrected chi connectivity index (χ0v) is 10.7. The van der Waals surface area contributed by atoms with Crippen LogP contribution in [0.25, 0.3) is 0 Å². The molecule has 6 heteroatoms. The first-order chi connectivity index (χ1) is 9.28. The normalized spacial score (nSPS) is 9.89. The molecule has 0 saturated carbocycles. The summed E-state index contributed by atoms with van der Waals surface area (Å²) in [6.45, 7) is 2.97. The predicted octanol–water partition coefficient (Wildman–Crippen LogP) is 2.32. The number of aromatic nitrogens is 2. The van der Waals surface area contributed by atoms with Crippen LogP contribution in [0.4, 0.5) is 11.6 Å². The third-order valence-electron chi connectivity index (χ3n) is 2.40. The molecule has 0 aromatic carbocycles. The first-order valence-electron chi connectivity index (χ1n) is 6.00. The van der Waals surface area contributed by atoms with E-state index in [9.17, 15) is 0 Å². The highest BCUT2D eigenvalue weighted by molar-refractivity contribution is 5.47. The minimum atomic E-state index is 0.443. The Labute approximate surface area is 111 Å². The van der Waals surface area contributed by atoms with Gasteiger partial charge in [0, 0.05) is 12.6 Å². The molecule has 98 valence electrons. The van der Waals surface area contributed by atoms with Crippen LogP contribution in [0.3, 0.4) is 0 Å². The molecule has 2 heterocycles. The van der Waals surface area contributed by atoms with E-state index in [4.69, 9.17) is 9.68 Å². The molecule has 0 amide bonds. The van der Waals surface area contributed by atoms with Gasteiger partial charge in [-0.15, -0.1) is 0 Å². The Balaban J connectivity index is 1.98. The van der Waals surface area contributed by atoms with E-state index in [1.165, 1.54) is 0 Å². The quantitative estimate of drug-likeness (QED) is 0.772. The lowest BCUT2D eigenvalue weighted by Gasteiger charge is -2.08. The third kappa shape index (κ3) is 4.00. The monoisotopic (exact) mass is 257 g/mol. The van der Waals surface area contributed by atoms with Crippen molar-refractivity contribution in [3.05, 3.63) is 36.0 Å². The fourth-order valence-corrected chi connectivity index (χ4v) is 1.59. The molecule has 0 spiro atoms. The van der Waals surface area contributed by atoms with Crippen molar-refractivity contribution in [3.8, 4) is 6.07 Å². The van der Waals surface area contributed by atoms with Gasteiger partial charge in [0.2, 0.25) is 0 Å². The van der Waals surface area contributed by atoms with Gasteiger partial charge in [0.25, 0.3) is 0 Å². The van der Waals surface area contributed by atoms with Crippen molar-refractivity contribution in [1.82, 2.24) is 9.97 Å². The fourth-order valence-electron chi connectivity index (χ4n) is 1.59. The maximum atomic E-state index is 8.50. The van der Waals surface area contributed by atoms with Gasteiger partial charge in [-0.2, -0.15) is 5.26 Å². The zero-order valence-electron chi connectivity index (χ0n) is 10.7. The van der Waals surface area contributed by atoms with Gasteiger partial charge in [-0.1, -0.05) is 0 Å². The van der Waals surface area contributed by atoms with Gasteiger partial charge in [0.1, 0.15) is 23.2 Å². The van der Waals surface area contributed by atoms with Crippen LogP contribution in [0.5, 0.6) is 0 Å². The zero-order chi connectivity index (χ0) is 13.5. The molecule has 2 aromatic heterocycles. The van der Waals surface area contributed by atoms with Gasteiger partial charge >= 0.3 is 0 Å². The lowest BCUT2D eigenvalue weighted by atomic mass is 10.4. The summed E-state index contributed by atoms with van der Waals surface area (Å²) in [6.07, 6.45) is 2.08. The lowest BCUT2D eigenvalue weighted by molar-refractivity contribution is 0.518. The van der Waals surface area contributed by atoms with E-state index in [1.54, 1.807) is 6.26 Å². The van der Waals surface area contributed by atoms with Gasteiger partial charge in [-0.05, 0) is 19.1 Å². The van der Waals surface area contributed by atoms with Crippen LogP contribution >= 0.6 is 0 Å². The number of aryl methyl sites for hydroxylation is 1. The molecular formula is C13H15N5O. The molecule has 0 aliphatic heterocycles. The van der Waals surface area contributed by atoms with Gasteiger partial charge < -0.3 is 15.1 Å². The van der Waals surface area contributed by atoms with Crippen molar-refractivity contribution in [3.63, 3.8) is 0 Å². The van der Waals surface area contributed by atoms with Crippen LogP contribution in [0, 0.1) is 18.3 Å². The molecule has 0 bridgehead atoms. The molecule has 0 unspecified atom stereocenters. The van der Waals surface area contributed by atoms with Crippen molar-refractivity contribution in [2.45, 2.75) is 19.9 Å². The predicted molar refractivity (Wildman–Crippen MR) is 71.5 cm³/mol. The van der Waals surface area contributed by atoms with E-state index in [-0.39, 0.29) is 0 Å². The van der Waals surface area contributed by atoms with E-state index in [1.807, 2.05) is 25.1 Å². The van der Waals surface area contributed by atoms with Crippen LogP contribution < -0.4 is 10.6 Å². The van der Waals surface area contributed by atoms with Crippen LogP contribution in [0.1, 0.15) is 18.0 Å². The Hall–Kier alpha value is -2.55. The van der Waals surface area contributed by atoms with Crippen LogP contribution in [0.2, 0.25) is 0 Å². The van der Waals surface area contributed by atoms with Crippen molar-refractivity contribution < 1.29 is 4.42 Å². The SMILES string of the molecule is Cc1nc(NCCC#N)cc(NCc2ccco2)n1. The molecule has 19 heavy (non-hydrogen) atoms. The minimum Gasteiger partial charge on any atom is -0.467 e. The number of nitriles is 1. The lowest BCUT2D eigenvalue weighted by Crippen LogP contribution is -2.07. The van der Waals surface area contributed by atoms with Crippen molar-refractivity contribution in [1.29, 1.82) is 5.26 Å². The third-order valence-corrected chi connectivity index (χ3v) is 2.40. The Morgan fingerprint density at radius 3 is 2.79 bits per heavy atom. The number of anilines is 2. The van der Waals surface area contributed by atoms with E-state index in [0.29, 0.717) is 31.2 Å². The Kier molecular flexibility index (Phi) is 4.34. The number of nitrogens with zero attached hydrogens (tertiary/aromatic N) is 3. The highest BCUT2D eigenvalue weighted by atomic mass is 16.3. The van der Waals surface area contributed by atoms with E-state index >= 15 is 0 Å². The number of hydrogen-bond acceptors (Lipinski definition) is 6. The Morgan fingerprint density at radius 2 is 2.11 bits per heavy atom. The average Bonchev–Trinajstić information content (AvgIpc) is 2.89.